The lowest BCUT2D eigenvalue weighted by Gasteiger charge is -2.03. The quantitative estimate of drug-likeness (QED) is 0.827. The first-order valence-corrected chi connectivity index (χ1v) is 6.61. The molecule has 0 aromatic carbocycles. The average molecular weight is 231 g/mol. The lowest BCUT2D eigenvalue weighted by atomic mass is 10.2. The molecule has 15 heavy (non-hydrogen) atoms. The largest absolute Gasteiger partial charge is 0.268 e. The van der Waals surface area contributed by atoms with Crippen molar-refractivity contribution >= 4 is 10.0 Å². The molecular weight excluding hydrogens is 214 g/mol. The van der Waals surface area contributed by atoms with E-state index in [2.05, 4.69) is 5.10 Å². The third kappa shape index (κ3) is 2.21. The van der Waals surface area contributed by atoms with Gasteiger partial charge in [-0.05, 0) is 19.8 Å². The third-order valence-corrected chi connectivity index (χ3v) is 3.37. The van der Waals surface area contributed by atoms with Gasteiger partial charge in [-0.25, -0.2) is 13.6 Å². The molecule has 0 saturated carbocycles. The van der Waals surface area contributed by atoms with E-state index in [1.807, 2.05) is 20.8 Å². The number of aromatic nitrogens is 2. The minimum absolute atomic E-state index is 0.217. The Morgan fingerprint density at radius 3 is 2.20 bits per heavy atom. The van der Waals surface area contributed by atoms with Crippen LogP contribution in [0.4, 0.5) is 0 Å². The molecule has 0 atom stereocenters. The molecule has 0 amide bonds. The number of hydrogen-bond donors (Lipinski definition) is 1. The summed E-state index contributed by atoms with van der Waals surface area (Å²) in [4.78, 5) is 0.217. The van der Waals surface area contributed by atoms with Crippen molar-refractivity contribution in [2.24, 2.45) is 5.14 Å². The van der Waals surface area contributed by atoms with Crippen molar-refractivity contribution in [2.75, 3.05) is 0 Å². The van der Waals surface area contributed by atoms with Gasteiger partial charge in [0, 0.05) is 6.54 Å². The molecule has 1 rings (SSSR count). The molecule has 1 aromatic rings. The highest BCUT2D eigenvalue weighted by molar-refractivity contribution is 7.89. The smallest absolute Gasteiger partial charge is 0.241 e. The van der Waals surface area contributed by atoms with Gasteiger partial charge in [0.05, 0.1) is 11.4 Å². The Kier molecular flexibility index (Phi) is 3.51. The molecule has 5 nitrogen and oxygen atoms in total. The normalized spacial score (nSPS) is 12.0. The van der Waals surface area contributed by atoms with Gasteiger partial charge in [-0.2, -0.15) is 5.10 Å². The number of primary sulfonamides is 1. The molecule has 6 heteroatoms. The van der Waals surface area contributed by atoms with Crippen molar-refractivity contribution in [1.82, 2.24) is 9.78 Å². The maximum Gasteiger partial charge on any atom is 0.241 e. The molecular formula is C9H17N3O2S. The van der Waals surface area contributed by atoms with Crippen LogP contribution in [0.2, 0.25) is 0 Å². The Morgan fingerprint density at radius 2 is 1.87 bits per heavy atom. The number of nitrogens with two attached hydrogens (primary N) is 1. The summed E-state index contributed by atoms with van der Waals surface area (Å²) in [5, 5.41) is 9.44. The minimum atomic E-state index is -3.66. The van der Waals surface area contributed by atoms with Crippen LogP contribution < -0.4 is 5.14 Å². The predicted molar refractivity (Wildman–Crippen MR) is 58.0 cm³/mol. The zero-order valence-electron chi connectivity index (χ0n) is 9.32. The maximum absolute atomic E-state index is 11.4. The number of aryl methyl sites for hydroxylation is 2. The molecule has 0 unspecified atom stereocenters. The molecule has 0 radical (unpaired) electrons. The van der Waals surface area contributed by atoms with Gasteiger partial charge in [-0.3, -0.25) is 4.68 Å². The fraction of sp³-hybridized carbons (Fsp3) is 0.667. The molecule has 0 bridgehead atoms. The average Bonchev–Trinajstić information content (AvgIpc) is 2.54. The fourth-order valence-electron chi connectivity index (χ4n) is 1.70. The van der Waals surface area contributed by atoms with Crippen molar-refractivity contribution in [3.63, 3.8) is 0 Å². The van der Waals surface area contributed by atoms with Crippen LogP contribution in [0.25, 0.3) is 0 Å². The monoisotopic (exact) mass is 231 g/mol. The van der Waals surface area contributed by atoms with Crippen molar-refractivity contribution in [3.8, 4) is 0 Å². The minimum Gasteiger partial charge on any atom is -0.268 e. The van der Waals surface area contributed by atoms with Gasteiger partial charge in [0.1, 0.15) is 4.90 Å². The van der Waals surface area contributed by atoms with Gasteiger partial charge in [0.2, 0.25) is 10.0 Å². The topological polar surface area (TPSA) is 78.0 Å². The molecule has 0 aliphatic heterocycles. The SMILES string of the molecule is CCc1nn(CC)c(CC)c1S(N)(=O)=O. The highest BCUT2D eigenvalue weighted by Gasteiger charge is 2.23. The van der Waals surface area contributed by atoms with E-state index in [0.717, 1.165) is 0 Å². The Morgan fingerprint density at radius 1 is 1.27 bits per heavy atom. The molecule has 0 aliphatic carbocycles. The van der Waals surface area contributed by atoms with Gasteiger partial charge in [-0.15, -0.1) is 0 Å². The summed E-state index contributed by atoms with van der Waals surface area (Å²) in [6.45, 7) is 6.36. The molecule has 1 aromatic heterocycles. The predicted octanol–water partition coefficient (Wildman–Crippen LogP) is 0.675. The molecule has 1 heterocycles. The molecule has 0 aliphatic rings. The van der Waals surface area contributed by atoms with E-state index in [1.54, 1.807) is 4.68 Å². The summed E-state index contributed by atoms with van der Waals surface area (Å²) in [5.74, 6) is 0. The Labute approximate surface area is 90.3 Å². The van der Waals surface area contributed by atoms with Crippen LogP contribution in [-0.2, 0) is 29.4 Å². The van der Waals surface area contributed by atoms with E-state index in [0.29, 0.717) is 30.8 Å². The number of nitrogens with zero attached hydrogens (tertiary/aromatic N) is 2. The number of rotatable bonds is 4. The van der Waals surface area contributed by atoms with Gasteiger partial charge in [-0.1, -0.05) is 13.8 Å². The summed E-state index contributed by atoms with van der Waals surface area (Å²) in [7, 11) is -3.66. The van der Waals surface area contributed by atoms with Crippen molar-refractivity contribution in [2.45, 2.75) is 45.1 Å². The zero-order valence-corrected chi connectivity index (χ0v) is 10.1. The first-order valence-electron chi connectivity index (χ1n) is 5.07. The Balaban J connectivity index is 3.52. The van der Waals surface area contributed by atoms with E-state index in [-0.39, 0.29) is 4.90 Å². The van der Waals surface area contributed by atoms with Gasteiger partial charge < -0.3 is 0 Å². The van der Waals surface area contributed by atoms with E-state index in [4.69, 9.17) is 5.14 Å². The van der Waals surface area contributed by atoms with Crippen molar-refractivity contribution in [3.05, 3.63) is 11.4 Å². The summed E-state index contributed by atoms with van der Waals surface area (Å²) < 4.78 is 24.6. The first-order chi connectivity index (χ1) is 6.95. The van der Waals surface area contributed by atoms with Crippen LogP contribution in [0.3, 0.4) is 0 Å². The standard InChI is InChI=1S/C9H17N3O2S/c1-4-7-9(15(10,13)14)8(5-2)12(6-3)11-7/h4-6H2,1-3H3,(H2,10,13,14). The van der Waals surface area contributed by atoms with Gasteiger partial charge in [0.15, 0.2) is 0 Å². The molecule has 0 spiro atoms. The summed E-state index contributed by atoms with van der Waals surface area (Å²) in [6, 6.07) is 0. The van der Waals surface area contributed by atoms with Gasteiger partial charge >= 0.3 is 0 Å². The number of sulfonamides is 1. The maximum atomic E-state index is 11.4. The van der Waals surface area contributed by atoms with Crippen LogP contribution in [0.1, 0.15) is 32.2 Å². The van der Waals surface area contributed by atoms with E-state index in [9.17, 15) is 8.42 Å². The van der Waals surface area contributed by atoms with Crippen LogP contribution in [0.15, 0.2) is 4.90 Å². The summed E-state index contributed by atoms with van der Waals surface area (Å²) >= 11 is 0. The second-order valence-corrected chi connectivity index (χ2v) is 4.79. The Hall–Kier alpha value is -0.880. The third-order valence-electron chi connectivity index (χ3n) is 2.33. The lowest BCUT2D eigenvalue weighted by molar-refractivity contribution is 0.592. The van der Waals surface area contributed by atoms with E-state index in [1.165, 1.54) is 0 Å². The van der Waals surface area contributed by atoms with E-state index < -0.39 is 10.0 Å². The van der Waals surface area contributed by atoms with Crippen LogP contribution in [-0.4, -0.2) is 18.2 Å². The van der Waals surface area contributed by atoms with Crippen LogP contribution in [0, 0.1) is 0 Å². The fourth-order valence-corrected chi connectivity index (χ4v) is 2.79. The second kappa shape index (κ2) is 4.32. The Bertz CT molecular complexity index is 448. The van der Waals surface area contributed by atoms with Crippen LogP contribution in [0.5, 0.6) is 0 Å². The first kappa shape index (κ1) is 12.2. The molecule has 0 fully saturated rings. The van der Waals surface area contributed by atoms with Crippen molar-refractivity contribution in [1.29, 1.82) is 0 Å². The van der Waals surface area contributed by atoms with E-state index >= 15 is 0 Å². The molecule has 2 N–H and O–H groups in total. The molecule has 86 valence electrons. The van der Waals surface area contributed by atoms with Crippen LogP contribution >= 0.6 is 0 Å². The lowest BCUT2D eigenvalue weighted by Crippen LogP contribution is -2.16. The summed E-state index contributed by atoms with van der Waals surface area (Å²) in [5.41, 5.74) is 1.27. The highest BCUT2D eigenvalue weighted by atomic mass is 32.2. The zero-order chi connectivity index (χ0) is 11.6. The van der Waals surface area contributed by atoms with Gasteiger partial charge in [0.25, 0.3) is 0 Å². The second-order valence-electron chi connectivity index (χ2n) is 3.29. The molecule has 0 saturated heterocycles. The summed E-state index contributed by atoms with van der Waals surface area (Å²) in [6.07, 6.45) is 1.19. The number of hydrogen-bond acceptors (Lipinski definition) is 3. The van der Waals surface area contributed by atoms with Crippen molar-refractivity contribution < 1.29 is 8.42 Å². The highest BCUT2D eigenvalue weighted by Crippen LogP contribution is 2.20.